The standard InChI is InChI=1S/C10H11NO4/c12-8-2-1-6(5-9(8)13)7-3-4-15-10(14)11-7/h1-2,5,7,12-13H,3-4H2,(H,11,14)/t7-/m0/s1. The van der Waals surface area contributed by atoms with Gasteiger partial charge in [-0.05, 0) is 17.7 Å². The Hall–Kier alpha value is -1.91. The van der Waals surface area contributed by atoms with Crippen LogP contribution in [0.5, 0.6) is 11.5 Å². The summed E-state index contributed by atoms with van der Waals surface area (Å²) in [6.07, 6.45) is 0.189. The SMILES string of the molecule is O=C1N[C@H](c2ccc(O)c(O)c2)CCO1. The normalized spacial score (nSPS) is 20.5. The van der Waals surface area contributed by atoms with Gasteiger partial charge in [-0.3, -0.25) is 0 Å². The number of hydrogen-bond donors (Lipinski definition) is 3. The first-order valence-electron chi connectivity index (χ1n) is 4.62. The van der Waals surface area contributed by atoms with Crippen molar-refractivity contribution in [2.24, 2.45) is 0 Å². The fraction of sp³-hybridized carbons (Fsp3) is 0.300. The number of cyclic esters (lactones) is 1. The highest BCUT2D eigenvalue weighted by Crippen LogP contribution is 2.29. The minimum Gasteiger partial charge on any atom is -0.504 e. The lowest BCUT2D eigenvalue weighted by Crippen LogP contribution is -2.35. The molecule has 0 unspecified atom stereocenters. The second-order valence-electron chi connectivity index (χ2n) is 3.37. The maximum atomic E-state index is 11.0. The summed E-state index contributed by atoms with van der Waals surface area (Å²) < 4.78 is 4.72. The number of carbonyl (C=O) groups excluding carboxylic acids is 1. The molecule has 1 aromatic carbocycles. The first-order valence-corrected chi connectivity index (χ1v) is 4.62. The van der Waals surface area contributed by atoms with Gasteiger partial charge in [0, 0.05) is 6.42 Å². The molecule has 1 fully saturated rings. The van der Waals surface area contributed by atoms with E-state index in [1.807, 2.05) is 0 Å². The maximum absolute atomic E-state index is 11.0. The summed E-state index contributed by atoms with van der Waals surface area (Å²) in [5, 5.41) is 21.1. The van der Waals surface area contributed by atoms with E-state index in [-0.39, 0.29) is 17.5 Å². The first-order chi connectivity index (χ1) is 7.16. The minimum absolute atomic E-state index is 0.169. The molecular weight excluding hydrogens is 198 g/mol. The van der Waals surface area contributed by atoms with E-state index in [9.17, 15) is 9.90 Å². The van der Waals surface area contributed by atoms with E-state index in [1.165, 1.54) is 12.1 Å². The number of hydrogen-bond acceptors (Lipinski definition) is 4. The number of rotatable bonds is 1. The van der Waals surface area contributed by atoms with Crippen LogP contribution in [-0.2, 0) is 4.74 Å². The zero-order valence-electron chi connectivity index (χ0n) is 7.93. The Labute approximate surface area is 86.3 Å². The second-order valence-corrected chi connectivity index (χ2v) is 3.37. The summed E-state index contributed by atoms with van der Waals surface area (Å²) in [6, 6.07) is 4.32. The predicted molar refractivity (Wildman–Crippen MR) is 51.6 cm³/mol. The average molecular weight is 209 g/mol. The number of alkyl carbamates (subject to hydrolysis) is 1. The molecule has 1 atom stereocenters. The van der Waals surface area contributed by atoms with Crippen LogP contribution in [0.25, 0.3) is 0 Å². The molecule has 5 heteroatoms. The molecule has 5 nitrogen and oxygen atoms in total. The molecule has 1 aliphatic heterocycles. The van der Waals surface area contributed by atoms with E-state index in [4.69, 9.17) is 9.84 Å². The highest BCUT2D eigenvalue weighted by atomic mass is 16.5. The third kappa shape index (κ3) is 1.96. The number of amides is 1. The van der Waals surface area contributed by atoms with Crippen LogP contribution < -0.4 is 5.32 Å². The van der Waals surface area contributed by atoms with Crippen LogP contribution in [-0.4, -0.2) is 22.9 Å². The second kappa shape index (κ2) is 3.68. The smallest absolute Gasteiger partial charge is 0.407 e. The fourth-order valence-electron chi connectivity index (χ4n) is 1.53. The molecule has 0 saturated carbocycles. The van der Waals surface area contributed by atoms with Gasteiger partial charge in [-0.2, -0.15) is 0 Å². The number of nitrogens with one attached hydrogen (secondary N) is 1. The van der Waals surface area contributed by atoms with E-state index < -0.39 is 6.09 Å². The van der Waals surface area contributed by atoms with Crippen molar-refractivity contribution in [2.75, 3.05) is 6.61 Å². The number of benzene rings is 1. The summed E-state index contributed by atoms with van der Waals surface area (Å²) in [5.41, 5.74) is 0.752. The van der Waals surface area contributed by atoms with Gasteiger partial charge < -0.3 is 20.3 Å². The molecule has 0 radical (unpaired) electrons. The van der Waals surface area contributed by atoms with Crippen molar-refractivity contribution in [2.45, 2.75) is 12.5 Å². The first kappa shape index (κ1) is 9.64. The molecule has 1 aliphatic rings. The Morgan fingerprint density at radius 3 is 2.80 bits per heavy atom. The Bertz CT molecular complexity index is 391. The molecule has 1 aromatic rings. The zero-order chi connectivity index (χ0) is 10.8. The van der Waals surface area contributed by atoms with E-state index in [2.05, 4.69) is 5.32 Å². The van der Waals surface area contributed by atoms with Crippen LogP contribution in [0.2, 0.25) is 0 Å². The molecule has 1 heterocycles. The van der Waals surface area contributed by atoms with Gasteiger partial charge in [-0.1, -0.05) is 6.07 Å². The lowest BCUT2D eigenvalue weighted by Gasteiger charge is -2.23. The van der Waals surface area contributed by atoms with Crippen molar-refractivity contribution >= 4 is 6.09 Å². The van der Waals surface area contributed by atoms with Crippen LogP contribution in [0.3, 0.4) is 0 Å². The summed E-state index contributed by atoms with van der Waals surface area (Å²) in [7, 11) is 0. The highest BCUT2D eigenvalue weighted by molar-refractivity contribution is 5.68. The molecular formula is C10H11NO4. The summed E-state index contributed by atoms with van der Waals surface area (Å²) in [6.45, 7) is 0.359. The molecule has 2 rings (SSSR count). The van der Waals surface area contributed by atoms with Crippen LogP contribution >= 0.6 is 0 Å². The largest absolute Gasteiger partial charge is 0.504 e. The molecule has 1 saturated heterocycles. The third-order valence-corrected chi connectivity index (χ3v) is 2.33. The van der Waals surface area contributed by atoms with Crippen molar-refractivity contribution in [3.63, 3.8) is 0 Å². The average Bonchev–Trinajstić information content (AvgIpc) is 2.22. The lowest BCUT2D eigenvalue weighted by molar-refractivity contribution is 0.115. The zero-order valence-corrected chi connectivity index (χ0v) is 7.93. The molecule has 0 aliphatic carbocycles. The van der Waals surface area contributed by atoms with Crippen molar-refractivity contribution in [3.05, 3.63) is 23.8 Å². The minimum atomic E-state index is -0.459. The Morgan fingerprint density at radius 1 is 1.33 bits per heavy atom. The van der Waals surface area contributed by atoms with E-state index in [0.29, 0.717) is 13.0 Å². The van der Waals surface area contributed by atoms with Crippen LogP contribution in [0, 0.1) is 0 Å². The maximum Gasteiger partial charge on any atom is 0.407 e. The fourth-order valence-corrected chi connectivity index (χ4v) is 1.53. The van der Waals surface area contributed by atoms with Gasteiger partial charge in [0.15, 0.2) is 11.5 Å². The van der Waals surface area contributed by atoms with Gasteiger partial charge in [0.1, 0.15) is 0 Å². The molecule has 15 heavy (non-hydrogen) atoms. The van der Waals surface area contributed by atoms with Gasteiger partial charge in [0.05, 0.1) is 12.6 Å². The number of phenolic OH excluding ortho intramolecular Hbond substituents is 2. The molecule has 80 valence electrons. The Kier molecular flexibility index (Phi) is 2.37. The number of ether oxygens (including phenoxy) is 1. The third-order valence-electron chi connectivity index (χ3n) is 2.33. The van der Waals surface area contributed by atoms with E-state index in [0.717, 1.165) is 5.56 Å². The molecule has 0 spiro atoms. The quantitative estimate of drug-likeness (QED) is 0.608. The predicted octanol–water partition coefficient (Wildman–Crippen LogP) is 1.27. The lowest BCUT2D eigenvalue weighted by atomic mass is 10.0. The highest BCUT2D eigenvalue weighted by Gasteiger charge is 2.21. The molecule has 0 bridgehead atoms. The number of phenols is 2. The summed E-state index contributed by atoms with van der Waals surface area (Å²) in [5.74, 6) is -0.356. The summed E-state index contributed by atoms with van der Waals surface area (Å²) in [4.78, 5) is 11.0. The van der Waals surface area contributed by atoms with Crippen LogP contribution in [0.15, 0.2) is 18.2 Å². The Morgan fingerprint density at radius 2 is 2.13 bits per heavy atom. The number of aromatic hydroxyl groups is 2. The van der Waals surface area contributed by atoms with Crippen LogP contribution in [0.1, 0.15) is 18.0 Å². The van der Waals surface area contributed by atoms with E-state index >= 15 is 0 Å². The topological polar surface area (TPSA) is 78.8 Å². The van der Waals surface area contributed by atoms with Crippen molar-refractivity contribution < 1.29 is 19.7 Å². The molecule has 0 aromatic heterocycles. The monoisotopic (exact) mass is 209 g/mol. The van der Waals surface area contributed by atoms with Crippen molar-refractivity contribution in [1.82, 2.24) is 5.32 Å². The van der Waals surface area contributed by atoms with Gasteiger partial charge in [-0.15, -0.1) is 0 Å². The van der Waals surface area contributed by atoms with Gasteiger partial charge in [0.25, 0.3) is 0 Å². The molecule has 1 amide bonds. The number of carbonyl (C=O) groups is 1. The van der Waals surface area contributed by atoms with Crippen molar-refractivity contribution in [1.29, 1.82) is 0 Å². The van der Waals surface area contributed by atoms with Crippen molar-refractivity contribution in [3.8, 4) is 11.5 Å². The van der Waals surface area contributed by atoms with Gasteiger partial charge >= 0.3 is 6.09 Å². The van der Waals surface area contributed by atoms with Gasteiger partial charge in [0.2, 0.25) is 0 Å². The molecule has 3 N–H and O–H groups in total. The Balaban J connectivity index is 2.21. The van der Waals surface area contributed by atoms with Gasteiger partial charge in [-0.25, -0.2) is 4.79 Å². The summed E-state index contributed by atoms with van der Waals surface area (Å²) >= 11 is 0. The van der Waals surface area contributed by atoms with Crippen LogP contribution in [0.4, 0.5) is 4.79 Å². The van der Waals surface area contributed by atoms with E-state index in [1.54, 1.807) is 6.07 Å².